The molecule has 0 aromatic carbocycles. The van der Waals surface area contributed by atoms with E-state index in [1.54, 1.807) is 35.4 Å². The van der Waals surface area contributed by atoms with Gasteiger partial charge in [0.2, 0.25) is 0 Å². The van der Waals surface area contributed by atoms with Gasteiger partial charge in [-0.05, 0) is 31.2 Å². The van der Waals surface area contributed by atoms with E-state index in [1.165, 1.54) is 4.88 Å². The summed E-state index contributed by atoms with van der Waals surface area (Å²) in [4.78, 5) is 14.8. The Morgan fingerprint density at radius 1 is 1.46 bits per heavy atom. The number of hydrogen-bond acceptors (Lipinski definition) is 5. The number of methoxy groups -OCH3 is 1. The van der Waals surface area contributed by atoms with Gasteiger partial charge >= 0.3 is 0 Å². The number of aromatic amines is 1. The number of hydrogen-bond donors (Lipinski definition) is 2. The van der Waals surface area contributed by atoms with Gasteiger partial charge in [0, 0.05) is 25.2 Å². The second-order valence-electron chi connectivity index (χ2n) is 5.44. The van der Waals surface area contributed by atoms with Gasteiger partial charge in [0.15, 0.2) is 5.69 Å². The molecule has 3 aromatic heterocycles. The molecule has 0 aliphatic heterocycles. The van der Waals surface area contributed by atoms with Crippen LogP contribution in [-0.2, 0) is 11.8 Å². The highest BCUT2D eigenvalue weighted by molar-refractivity contribution is 7.15. The molecule has 3 rings (SSSR count). The van der Waals surface area contributed by atoms with Crippen LogP contribution in [0.2, 0.25) is 0 Å². The fraction of sp³-hybridized carbons (Fsp3) is 0.312. The minimum absolute atomic E-state index is 0.256. The highest BCUT2D eigenvalue weighted by atomic mass is 32.1. The van der Waals surface area contributed by atoms with Gasteiger partial charge in [0.1, 0.15) is 0 Å². The van der Waals surface area contributed by atoms with Crippen molar-refractivity contribution in [2.75, 3.05) is 13.7 Å². The van der Waals surface area contributed by atoms with Crippen LogP contribution in [0.1, 0.15) is 27.1 Å². The molecule has 7 nitrogen and oxygen atoms in total. The van der Waals surface area contributed by atoms with Crippen molar-refractivity contribution in [3.8, 4) is 10.6 Å². The summed E-state index contributed by atoms with van der Waals surface area (Å²) in [6.07, 6.45) is 1.69. The Balaban J connectivity index is 1.76. The van der Waals surface area contributed by atoms with Crippen molar-refractivity contribution < 1.29 is 9.53 Å². The van der Waals surface area contributed by atoms with Gasteiger partial charge in [-0.25, -0.2) is 0 Å². The second kappa shape index (κ2) is 6.98. The Labute approximate surface area is 143 Å². The van der Waals surface area contributed by atoms with E-state index in [0.29, 0.717) is 12.3 Å². The largest absolute Gasteiger partial charge is 0.382 e. The summed E-state index contributed by atoms with van der Waals surface area (Å²) in [6, 6.07) is 7.37. The average Bonchev–Trinajstić information content (AvgIpc) is 3.27. The maximum absolute atomic E-state index is 12.5. The Kier molecular flexibility index (Phi) is 4.77. The lowest BCUT2D eigenvalue weighted by Gasteiger charge is -2.17. The number of amides is 1. The van der Waals surface area contributed by atoms with Crippen LogP contribution in [0.4, 0.5) is 0 Å². The van der Waals surface area contributed by atoms with Crippen LogP contribution in [0.3, 0.4) is 0 Å². The molecule has 0 saturated heterocycles. The molecule has 0 fully saturated rings. The van der Waals surface area contributed by atoms with E-state index in [4.69, 9.17) is 4.74 Å². The third-order valence-electron chi connectivity index (χ3n) is 3.67. The highest BCUT2D eigenvalue weighted by Gasteiger charge is 2.20. The lowest BCUT2D eigenvalue weighted by atomic mass is 10.2. The van der Waals surface area contributed by atoms with E-state index in [9.17, 15) is 4.79 Å². The summed E-state index contributed by atoms with van der Waals surface area (Å²) in [5, 5.41) is 14.1. The van der Waals surface area contributed by atoms with Gasteiger partial charge in [-0.15, -0.1) is 11.3 Å². The molecule has 0 bridgehead atoms. The first-order valence-electron chi connectivity index (χ1n) is 7.48. The normalized spacial score (nSPS) is 12.3. The van der Waals surface area contributed by atoms with E-state index in [2.05, 4.69) is 20.6 Å². The van der Waals surface area contributed by atoms with Gasteiger partial charge in [0.25, 0.3) is 5.91 Å². The number of carbonyl (C=O) groups is 1. The number of H-pyrrole nitrogens is 1. The molecule has 1 amide bonds. The SMILES string of the molecule is COC[C@H](NC(=O)c1cc(-c2ccc(C)s2)[nH]n1)c1ccnn1C. The monoisotopic (exact) mass is 345 g/mol. The molecule has 0 unspecified atom stereocenters. The molecule has 3 aromatic rings. The molecule has 0 spiro atoms. The van der Waals surface area contributed by atoms with E-state index in [0.717, 1.165) is 16.3 Å². The van der Waals surface area contributed by atoms with Crippen molar-refractivity contribution in [2.45, 2.75) is 13.0 Å². The number of nitrogens with one attached hydrogen (secondary N) is 2. The van der Waals surface area contributed by atoms with Crippen LogP contribution in [0.25, 0.3) is 10.6 Å². The quantitative estimate of drug-likeness (QED) is 0.718. The standard InChI is InChI=1S/C16H19N5O2S/c1-10-4-5-15(24-10)11-8-12(20-19-11)16(22)18-13(9-23-3)14-6-7-17-21(14)2/h4-8,13H,9H2,1-3H3,(H,18,22)(H,19,20)/t13-/m0/s1. The van der Waals surface area contributed by atoms with Crippen LogP contribution in [0.15, 0.2) is 30.5 Å². The molecule has 8 heteroatoms. The van der Waals surface area contributed by atoms with Crippen molar-refractivity contribution >= 4 is 17.2 Å². The van der Waals surface area contributed by atoms with Crippen molar-refractivity contribution in [1.29, 1.82) is 0 Å². The highest BCUT2D eigenvalue weighted by Crippen LogP contribution is 2.26. The fourth-order valence-electron chi connectivity index (χ4n) is 2.47. The fourth-order valence-corrected chi connectivity index (χ4v) is 3.30. The predicted molar refractivity (Wildman–Crippen MR) is 91.9 cm³/mol. The maximum Gasteiger partial charge on any atom is 0.272 e. The molecular formula is C16H19N5O2S. The molecular weight excluding hydrogens is 326 g/mol. The van der Waals surface area contributed by atoms with Crippen LogP contribution in [0, 0.1) is 6.92 Å². The van der Waals surface area contributed by atoms with E-state index in [-0.39, 0.29) is 11.9 Å². The third kappa shape index (κ3) is 3.39. The average molecular weight is 345 g/mol. The van der Waals surface area contributed by atoms with Crippen LogP contribution < -0.4 is 5.32 Å². The van der Waals surface area contributed by atoms with Crippen LogP contribution in [0.5, 0.6) is 0 Å². The molecule has 0 saturated carbocycles. The maximum atomic E-state index is 12.5. The zero-order valence-electron chi connectivity index (χ0n) is 13.7. The molecule has 126 valence electrons. The zero-order valence-corrected chi connectivity index (χ0v) is 14.6. The van der Waals surface area contributed by atoms with Crippen molar-refractivity contribution in [3.63, 3.8) is 0 Å². The topological polar surface area (TPSA) is 84.8 Å². The van der Waals surface area contributed by atoms with Crippen LogP contribution >= 0.6 is 11.3 Å². The Morgan fingerprint density at radius 2 is 2.29 bits per heavy atom. The van der Waals surface area contributed by atoms with Gasteiger partial charge in [0.05, 0.1) is 28.9 Å². The van der Waals surface area contributed by atoms with E-state index in [1.807, 2.05) is 32.2 Å². The van der Waals surface area contributed by atoms with Crippen molar-refractivity contribution in [3.05, 3.63) is 46.7 Å². The Morgan fingerprint density at radius 3 is 2.92 bits per heavy atom. The summed E-state index contributed by atoms with van der Waals surface area (Å²) in [5.41, 5.74) is 2.05. The molecule has 3 heterocycles. The Hall–Kier alpha value is -2.45. The third-order valence-corrected chi connectivity index (χ3v) is 4.70. The predicted octanol–water partition coefficient (Wildman–Crippen LogP) is 2.30. The lowest BCUT2D eigenvalue weighted by molar-refractivity contribution is 0.0887. The number of rotatable bonds is 6. The number of thiophene rings is 1. The first-order valence-corrected chi connectivity index (χ1v) is 8.30. The molecule has 0 aliphatic rings. The van der Waals surface area contributed by atoms with Crippen molar-refractivity contribution in [1.82, 2.24) is 25.3 Å². The smallest absolute Gasteiger partial charge is 0.272 e. The molecule has 2 N–H and O–H groups in total. The van der Waals surface area contributed by atoms with Crippen LogP contribution in [-0.4, -0.2) is 39.6 Å². The zero-order chi connectivity index (χ0) is 17.1. The number of aryl methyl sites for hydroxylation is 2. The molecule has 0 radical (unpaired) electrons. The summed E-state index contributed by atoms with van der Waals surface area (Å²) in [5.74, 6) is -0.256. The first-order chi connectivity index (χ1) is 11.6. The number of aromatic nitrogens is 4. The summed E-state index contributed by atoms with van der Waals surface area (Å²) in [7, 11) is 3.43. The summed E-state index contributed by atoms with van der Waals surface area (Å²) < 4.78 is 6.93. The number of nitrogens with zero attached hydrogens (tertiary/aromatic N) is 3. The van der Waals surface area contributed by atoms with E-state index >= 15 is 0 Å². The van der Waals surface area contributed by atoms with Gasteiger partial charge in [-0.2, -0.15) is 10.2 Å². The first kappa shape index (κ1) is 16.4. The molecule has 24 heavy (non-hydrogen) atoms. The molecule has 0 aliphatic carbocycles. The minimum atomic E-state index is -0.292. The summed E-state index contributed by atoms with van der Waals surface area (Å²) in [6.45, 7) is 2.40. The number of ether oxygens (including phenoxy) is 1. The lowest BCUT2D eigenvalue weighted by Crippen LogP contribution is -2.32. The second-order valence-corrected chi connectivity index (χ2v) is 6.73. The Bertz CT molecular complexity index is 835. The minimum Gasteiger partial charge on any atom is -0.382 e. The van der Waals surface area contributed by atoms with Gasteiger partial charge in [-0.3, -0.25) is 14.6 Å². The van der Waals surface area contributed by atoms with Gasteiger partial charge < -0.3 is 10.1 Å². The molecule has 1 atom stereocenters. The van der Waals surface area contributed by atoms with Crippen molar-refractivity contribution in [2.24, 2.45) is 7.05 Å². The number of carbonyl (C=O) groups excluding carboxylic acids is 1. The summed E-state index contributed by atoms with van der Waals surface area (Å²) >= 11 is 1.65. The van der Waals surface area contributed by atoms with E-state index < -0.39 is 0 Å². The van der Waals surface area contributed by atoms with Gasteiger partial charge in [-0.1, -0.05) is 0 Å².